The standard InChI is InChI=1S/C22H33N5O.HI/c1-5-23-22(27-12-10-18(16-27)19-14-25-26(4)15-19)24-11-13-28-21-9-7-6-8-20(21)17(2)3;/h6-9,14-15,17-18H,5,10-13,16H2,1-4H3,(H,23,24);1H. The Morgan fingerprint density at radius 3 is 2.83 bits per heavy atom. The summed E-state index contributed by atoms with van der Waals surface area (Å²) in [7, 11) is 1.97. The lowest BCUT2D eigenvalue weighted by Crippen LogP contribution is -2.40. The van der Waals surface area contributed by atoms with E-state index in [1.54, 1.807) is 0 Å². The summed E-state index contributed by atoms with van der Waals surface area (Å²) in [4.78, 5) is 7.15. The van der Waals surface area contributed by atoms with Gasteiger partial charge in [0.05, 0.1) is 12.7 Å². The predicted molar refractivity (Wildman–Crippen MR) is 130 cm³/mol. The summed E-state index contributed by atoms with van der Waals surface area (Å²) in [5, 5.41) is 7.74. The zero-order valence-corrected chi connectivity index (χ0v) is 20.3. The van der Waals surface area contributed by atoms with Crippen molar-refractivity contribution in [3.8, 4) is 5.75 Å². The first kappa shape index (κ1) is 23.5. The number of ether oxygens (including phenoxy) is 1. The number of aliphatic imine (C=N–C) groups is 1. The van der Waals surface area contributed by atoms with Crippen molar-refractivity contribution in [3.05, 3.63) is 47.8 Å². The second-order valence-electron chi connectivity index (χ2n) is 7.66. The van der Waals surface area contributed by atoms with Crippen molar-refractivity contribution in [2.24, 2.45) is 12.0 Å². The maximum absolute atomic E-state index is 6.02. The Bertz CT molecular complexity index is 789. The molecule has 1 aromatic heterocycles. The maximum atomic E-state index is 6.02. The second kappa shape index (κ2) is 11.4. The zero-order chi connectivity index (χ0) is 19.9. The van der Waals surface area contributed by atoms with E-state index in [9.17, 15) is 0 Å². The van der Waals surface area contributed by atoms with Gasteiger partial charge in [-0.2, -0.15) is 5.10 Å². The molecule has 1 aromatic carbocycles. The van der Waals surface area contributed by atoms with Gasteiger partial charge in [0.2, 0.25) is 0 Å². The Hall–Kier alpha value is -1.77. The highest BCUT2D eigenvalue weighted by Gasteiger charge is 2.26. The number of halogens is 1. The van der Waals surface area contributed by atoms with Crippen LogP contribution in [0.3, 0.4) is 0 Å². The first-order valence-electron chi connectivity index (χ1n) is 10.3. The fraction of sp³-hybridized carbons (Fsp3) is 0.545. The Morgan fingerprint density at radius 1 is 1.34 bits per heavy atom. The molecule has 2 aromatic rings. The molecule has 29 heavy (non-hydrogen) atoms. The molecular formula is C22H34IN5O. The quantitative estimate of drug-likeness (QED) is 0.264. The molecule has 1 saturated heterocycles. The van der Waals surface area contributed by atoms with Gasteiger partial charge in [-0.3, -0.25) is 4.68 Å². The number of rotatable bonds is 7. The smallest absolute Gasteiger partial charge is 0.194 e. The van der Waals surface area contributed by atoms with Gasteiger partial charge in [0.15, 0.2) is 5.96 Å². The van der Waals surface area contributed by atoms with E-state index in [1.807, 2.05) is 30.1 Å². The number of hydrogen-bond acceptors (Lipinski definition) is 3. The van der Waals surface area contributed by atoms with Crippen LogP contribution in [0.15, 0.2) is 41.7 Å². The molecule has 2 heterocycles. The lowest BCUT2D eigenvalue weighted by atomic mass is 10.0. The second-order valence-corrected chi connectivity index (χ2v) is 7.66. The summed E-state index contributed by atoms with van der Waals surface area (Å²) in [6.45, 7) is 10.6. The average Bonchev–Trinajstić information content (AvgIpc) is 3.33. The lowest BCUT2D eigenvalue weighted by Gasteiger charge is -2.21. The Labute approximate surface area is 191 Å². The van der Waals surface area contributed by atoms with Crippen molar-refractivity contribution in [2.75, 3.05) is 32.8 Å². The number of benzene rings is 1. The number of hydrogen-bond donors (Lipinski definition) is 1. The Morgan fingerprint density at radius 2 is 2.14 bits per heavy atom. The normalized spacial score (nSPS) is 16.8. The number of nitrogens with one attached hydrogen (secondary N) is 1. The van der Waals surface area contributed by atoms with Crippen molar-refractivity contribution in [2.45, 2.75) is 39.0 Å². The van der Waals surface area contributed by atoms with Crippen LogP contribution in [0.5, 0.6) is 5.75 Å². The Balaban J connectivity index is 0.00000300. The first-order chi connectivity index (χ1) is 13.6. The summed E-state index contributed by atoms with van der Waals surface area (Å²) >= 11 is 0. The van der Waals surface area contributed by atoms with Crippen LogP contribution >= 0.6 is 24.0 Å². The van der Waals surface area contributed by atoms with Gasteiger partial charge in [0.25, 0.3) is 0 Å². The Kier molecular flexibility index (Phi) is 9.26. The fourth-order valence-electron chi connectivity index (χ4n) is 3.70. The third-order valence-electron chi connectivity index (χ3n) is 5.17. The lowest BCUT2D eigenvalue weighted by molar-refractivity contribution is 0.323. The zero-order valence-electron chi connectivity index (χ0n) is 18.0. The minimum atomic E-state index is 0. The molecule has 6 nitrogen and oxygen atoms in total. The average molecular weight is 511 g/mol. The van der Waals surface area contributed by atoms with Crippen molar-refractivity contribution < 1.29 is 4.74 Å². The number of likely N-dealkylation sites (tertiary alicyclic amines) is 1. The molecular weight excluding hydrogens is 477 g/mol. The van der Waals surface area contributed by atoms with E-state index in [4.69, 9.17) is 9.73 Å². The van der Waals surface area contributed by atoms with E-state index in [-0.39, 0.29) is 24.0 Å². The molecule has 0 saturated carbocycles. The van der Waals surface area contributed by atoms with Crippen molar-refractivity contribution >= 4 is 29.9 Å². The largest absolute Gasteiger partial charge is 0.491 e. The molecule has 1 atom stereocenters. The van der Waals surface area contributed by atoms with E-state index in [2.05, 4.69) is 54.4 Å². The van der Waals surface area contributed by atoms with E-state index < -0.39 is 0 Å². The SMILES string of the molecule is CCNC(=NCCOc1ccccc1C(C)C)N1CCC(c2cnn(C)c2)C1.I. The molecule has 0 aliphatic carbocycles. The molecule has 7 heteroatoms. The van der Waals surface area contributed by atoms with Gasteiger partial charge < -0.3 is 15.0 Å². The molecule has 1 aliphatic heterocycles. The van der Waals surface area contributed by atoms with Crippen LogP contribution in [0.4, 0.5) is 0 Å². The summed E-state index contributed by atoms with van der Waals surface area (Å²) < 4.78 is 7.90. The van der Waals surface area contributed by atoms with E-state index in [0.717, 1.165) is 37.8 Å². The topological polar surface area (TPSA) is 54.7 Å². The van der Waals surface area contributed by atoms with Crippen LogP contribution < -0.4 is 10.1 Å². The predicted octanol–water partition coefficient (Wildman–Crippen LogP) is 4.00. The van der Waals surface area contributed by atoms with Gasteiger partial charge >= 0.3 is 0 Å². The molecule has 1 fully saturated rings. The molecule has 1 N–H and O–H groups in total. The molecule has 0 radical (unpaired) electrons. The maximum Gasteiger partial charge on any atom is 0.194 e. The highest BCUT2D eigenvalue weighted by molar-refractivity contribution is 14.0. The molecule has 0 amide bonds. The molecule has 160 valence electrons. The van der Waals surface area contributed by atoms with Crippen LogP contribution in [-0.2, 0) is 7.05 Å². The summed E-state index contributed by atoms with van der Waals surface area (Å²) in [5.41, 5.74) is 2.56. The van der Waals surface area contributed by atoms with Crippen molar-refractivity contribution in [1.82, 2.24) is 20.0 Å². The van der Waals surface area contributed by atoms with Gasteiger partial charge in [-0.25, -0.2) is 4.99 Å². The fourth-order valence-corrected chi connectivity index (χ4v) is 3.70. The first-order valence-corrected chi connectivity index (χ1v) is 10.3. The van der Waals surface area contributed by atoms with Crippen LogP contribution in [0.25, 0.3) is 0 Å². The van der Waals surface area contributed by atoms with Crippen LogP contribution in [0.1, 0.15) is 50.2 Å². The van der Waals surface area contributed by atoms with Crippen molar-refractivity contribution in [1.29, 1.82) is 0 Å². The number of para-hydroxylation sites is 1. The molecule has 0 spiro atoms. The van der Waals surface area contributed by atoms with Gasteiger partial charge in [0, 0.05) is 38.8 Å². The number of nitrogens with zero attached hydrogens (tertiary/aromatic N) is 4. The van der Waals surface area contributed by atoms with Crippen LogP contribution in [0, 0.1) is 0 Å². The number of guanidine groups is 1. The third kappa shape index (κ3) is 6.35. The monoisotopic (exact) mass is 511 g/mol. The minimum Gasteiger partial charge on any atom is -0.491 e. The highest BCUT2D eigenvalue weighted by atomic mass is 127. The van der Waals surface area contributed by atoms with Crippen LogP contribution in [-0.4, -0.2) is 53.4 Å². The van der Waals surface area contributed by atoms with Crippen LogP contribution in [0.2, 0.25) is 0 Å². The molecule has 0 bridgehead atoms. The third-order valence-corrected chi connectivity index (χ3v) is 5.17. The minimum absolute atomic E-state index is 0. The van der Waals surface area contributed by atoms with E-state index in [0.29, 0.717) is 25.0 Å². The molecule has 3 rings (SSSR count). The van der Waals surface area contributed by atoms with Gasteiger partial charge in [-0.15, -0.1) is 24.0 Å². The number of aryl methyl sites for hydroxylation is 1. The van der Waals surface area contributed by atoms with Gasteiger partial charge in [-0.1, -0.05) is 32.0 Å². The summed E-state index contributed by atoms with van der Waals surface area (Å²) in [5.74, 6) is 2.92. The highest BCUT2D eigenvalue weighted by Crippen LogP contribution is 2.27. The van der Waals surface area contributed by atoms with Gasteiger partial charge in [-0.05, 0) is 36.5 Å². The molecule has 1 aliphatic rings. The van der Waals surface area contributed by atoms with E-state index >= 15 is 0 Å². The van der Waals surface area contributed by atoms with Gasteiger partial charge in [0.1, 0.15) is 12.4 Å². The summed E-state index contributed by atoms with van der Waals surface area (Å²) in [6, 6.07) is 8.27. The number of aromatic nitrogens is 2. The van der Waals surface area contributed by atoms with E-state index in [1.165, 1.54) is 11.1 Å². The van der Waals surface area contributed by atoms with Crippen molar-refractivity contribution in [3.63, 3.8) is 0 Å². The summed E-state index contributed by atoms with van der Waals surface area (Å²) in [6.07, 6.45) is 5.24. The molecule has 1 unspecified atom stereocenters.